The second-order valence-corrected chi connectivity index (χ2v) is 11.3. The first-order valence-corrected chi connectivity index (χ1v) is 14.3. The molecule has 0 saturated carbocycles. The number of hydrogen-bond acceptors (Lipinski definition) is 7. The summed E-state index contributed by atoms with van der Waals surface area (Å²) in [5.74, 6) is 0.708. The van der Waals surface area contributed by atoms with Crippen LogP contribution in [0.3, 0.4) is 0 Å². The van der Waals surface area contributed by atoms with Crippen LogP contribution in [0.5, 0.6) is 5.75 Å². The third-order valence-electron chi connectivity index (χ3n) is 6.02. The zero-order chi connectivity index (χ0) is 25.0. The Bertz CT molecular complexity index is 1300. The summed E-state index contributed by atoms with van der Waals surface area (Å²) < 4.78 is 40.9. The molecule has 2 heterocycles. The van der Waals surface area contributed by atoms with Crippen LogP contribution in [0, 0.1) is 0 Å². The lowest BCUT2D eigenvalue weighted by molar-refractivity contribution is -0.131. The van der Waals surface area contributed by atoms with Crippen molar-refractivity contribution in [1.82, 2.24) is 13.9 Å². The number of para-hydroxylation sites is 1. The van der Waals surface area contributed by atoms with Gasteiger partial charge in [-0.25, -0.2) is 13.4 Å². The Morgan fingerprint density at radius 1 is 1.23 bits per heavy atom. The molecule has 4 rings (SSSR count). The van der Waals surface area contributed by atoms with E-state index in [1.807, 2.05) is 38.1 Å². The smallest absolute Gasteiger partial charge is 0.308 e. The molecule has 1 fully saturated rings. The van der Waals surface area contributed by atoms with Crippen LogP contribution in [0.4, 0.5) is 0 Å². The molecule has 0 radical (unpaired) electrons. The Morgan fingerprint density at radius 2 is 2.00 bits per heavy atom. The molecule has 1 aromatic heterocycles. The Balaban J connectivity index is 1.69. The molecule has 2 aromatic carbocycles. The standard InChI is InChI=1S/C25H31N3O5S2/c1-4-27(5-2)35(30,31)21-12-13-23-22(15-21)26-25(28(23)16-20-10-8-14-32-20)34-17-19-9-6-7-11-24(19)33-18(3)29/h6-7,9,11-13,15,20H,4-5,8,10,14,16-17H2,1-3H3/t20-/m1/s1. The molecule has 1 aliphatic heterocycles. The van der Waals surface area contributed by atoms with Gasteiger partial charge >= 0.3 is 5.97 Å². The first-order chi connectivity index (χ1) is 16.8. The van der Waals surface area contributed by atoms with Gasteiger partial charge in [-0.1, -0.05) is 43.8 Å². The van der Waals surface area contributed by atoms with E-state index in [4.69, 9.17) is 14.5 Å². The molecule has 35 heavy (non-hydrogen) atoms. The van der Waals surface area contributed by atoms with E-state index in [9.17, 15) is 13.2 Å². The lowest BCUT2D eigenvalue weighted by atomic mass is 10.2. The van der Waals surface area contributed by atoms with E-state index in [0.29, 0.717) is 36.7 Å². The molecule has 188 valence electrons. The van der Waals surface area contributed by atoms with Crippen LogP contribution >= 0.6 is 11.8 Å². The van der Waals surface area contributed by atoms with Crippen molar-refractivity contribution < 1.29 is 22.7 Å². The fourth-order valence-electron chi connectivity index (χ4n) is 4.26. The third-order valence-corrected chi connectivity index (χ3v) is 9.09. The number of nitrogens with zero attached hydrogens (tertiary/aromatic N) is 3. The Kier molecular flexibility index (Phi) is 8.16. The van der Waals surface area contributed by atoms with Crippen molar-refractivity contribution in [2.75, 3.05) is 19.7 Å². The van der Waals surface area contributed by atoms with Crippen LogP contribution < -0.4 is 4.74 Å². The van der Waals surface area contributed by atoms with Gasteiger partial charge in [0.25, 0.3) is 0 Å². The van der Waals surface area contributed by atoms with Crippen molar-refractivity contribution in [3.05, 3.63) is 48.0 Å². The van der Waals surface area contributed by atoms with Crippen LogP contribution in [0.2, 0.25) is 0 Å². The number of esters is 1. The van der Waals surface area contributed by atoms with Gasteiger partial charge in [0.15, 0.2) is 5.16 Å². The van der Waals surface area contributed by atoms with Gasteiger partial charge in [-0.15, -0.1) is 0 Å². The summed E-state index contributed by atoms with van der Waals surface area (Å²) in [5, 5.41) is 0.769. The molecule has 1 aliphatic rings. The van der Waals surface area contributed by atoms with Crippen LogP contribution in [-0.2, 0) is 31.9 Å². The minimum Gasteiger partial charge on any atom is -0.426 e. The number of imidazole rings is 1. The van der Waals surface area contributed by atoms with Gasteiger partial charge in [-0.05, 0) is 37.1 Å². The maximum Gasteiger partial charge on any atom is 0.308 e. The summed E-state index contributed by atoms with van der Waals surface area (Å²) in [6.45, 7) is 7.26. The minimum atomic E-state index is -3.59. The zero-order valence-electron chi connectivity index (χ0n) is 20.3. The van der Waals surface area contributed by atoms with E-state index < -0.39 is 10.0 Å². The molecule has 1 saturated heterocycles. The first-order valence-electron chi connectivity index (χ1n) is 11.8. The van der Waals surface area contributed by atoms with Crippen molar-refractivity contribution in [2.24, 2.45) is 0 Å². The van der Waals surface area contributed by atoms with Gasteiger partial charge < -0.3 is 14.0 Å². The number of fused-ring (bicyclic) bond motifs is 1. The molecule has 0 bridgehead atoms. The Hall–Kier alpha value is -2.40. The average Bonchev–Trinajstić information content (AvgIpc) is 3.46. The molecule has 0 unspecified atom stereocenters. The number of sulfonamides is 1. The second kappa shape index (κ2) is 11.1. The van der Waals surface area contributed by atoms with Gasteiger partial charge in [0.1, 0.15) is 5.75 Å². The van der Waals surface area contributed by atoms with Crippen molar-refractivity contribution in [1.29, 1.82) is 0 Å². The monoisotopic (exact) mass is 517 g/mol. The summed E-state index contributed by atoms with van der Waals surface area (Å²) >= 11 is 1.52. The van der Waals surface area contributed by atoms with Gasteiger partial charge in [0.05, 0.1) is 28.6 Å². The number of carbonyl (C=O) groups is 1. The number of hydrogen-bond donors (Lipinski definition) is 0. The van der Waals surface area contributed by atoms with Crippen LogP contribution in [-0.4, -0.2) is 54.0 Å². The number of rotatable bonds is 10. The normalized spacial score (nSPS) is 16.3. The van der Waals surface area contributed by atoms with Crippen molar-refractivity contribution >= 4 is 38.8 Å². The van der Waals surface area contributed by atoms with Crippen LogP contribution in [0.1, 0.15) is 39.2 Å². The summed E-state index contributed by atoms with van der Waals surface area (Å²) in [4.78, 5) is 16.6. The van der Waals surface area contributed by atoms with Crippen molar-refractivity contribution in [3.63, 3.8) is 0 Å². The predicted molar refractivity (Wildman–Crippen MR) is 136 cm³/mol. The molecule has 10 heteroatoms. The minimum absolute atomic E-state index is 0.0964. The molecule has 8 nitrogen and oxygen atoms in total. The van der Waals surface area contributed by atoms with E-state index in [1.54, 1.807) is 18.2 Å². The summed E-state index contributed by atoms with van der Waals surface area (Å²) in [5.41, 5.74) is 2.38. The van der Waals surface area contributed by atoms with Gasteiger partial charge in [0, 0.05) is 37.9 Å². The zero-order valence-corrected chi connectivity index (χ0v) is 21.9. The number of ether oxygens (including phenoxy) is 2. The van der Waals surface area contributed by atoms with Crippen molar-refractivity contribution in [3.8, 4) is 5.75 Å². The molecule has 0 aliphatic carbocycles. The van der Waals surface area contributed by atoms with Crippen molar-refractivity contribution in [2.45, 2.75) is 62.1 Å². The summed E-state index contributed by atoms with van der Waals surface area (Å²) in [7, 11) is -3.59. The number of thioether (sulfide) groups is 1. The Labute approximate surface area is 210 Å². The molecule has 1 atom stereocenters. The highest BCUT2D eigenvalue weighted by Crippen LogP contribution is 2.32. The number of aromatic nitrogens is 2. The van der Waals surface area contributed by atoms with Crippen LogP contribution in [0.25, 0.3) is 11.0 Å². The maximum atomic E-state index is 13.1. The fourth-order valence-corrected chi connectivity index (χ4v) is 6.75. The maximum absolute atomic E-state index is 13.1. The van der Waals surface area contributed by atoms with E-state index in [2.05, 4.69) is 4.57 Å². The number of benzene rings is 2. The van der Waals surface area contributed by atoms with E-state index in [-0.39, 0.29) is 17.0 Å². The van der Waals surface area contributed by atoms with E-state index in [0.717, 1.165) is 35.7 Å². The van der Waals surface area contributed by atoms with E-state index >= 15 is 0 Å². The second-order valence-electron chi connectivity index (χ2n) is 8.37. The first kappa shape index (κ1) is 25.7. The van der Waals surface area contributed by atoms with Crippen LogP contribution in [0.15, 0.2) is 52.5 Å². The molecule has 0 amide bonds. The van der Waals surface area contributed by atoms with E-state index in [1.165, 1.54) is 23.0 Å². The quantitative estimate of drug-likeness (QED) is 0.223. The number of carbonyl (C=O) groups excluding carboxylic acids is 1. The molecular weight excluding hydrogens is 486 g/mol. The SMILES string of the molecule is CCN(CC)S(=O)(=O)c1ccc2c(c1)nc(SCc1ccccc1OC(C)=O)n2C[C@H]1CCCO1. The lowest BCUT2D eigenvalue weighted by Gasteiger charge is -2.18. The lowest BCUT2D eigenvalue weighted by Crippen LogP contribution is -2.30. The highest BCUT2D eigenvalue weighted by molar-refractivity contribution is 7.98. The third kappa shape index (κ3) is 5.72. The fraction of sp³-hybridized carbons (Fsp3) is 0.440. The van der Waals surface area contributed by atoms with Gasteiger partial charge in [-0.3, -0.25) is 4.79 Å². The highest BCUT2D eigenvalue weighted by atomic mass is 32.2. The Morgan fingerprint density at radius 3 is 2.69 bits per heavy atom. The predicted octanol–water partition coefficient (Wildman–Crippen LogP) is 4.46. The average molecular weight is 518 g/mol. The van der Waals surface area contributed by atoms with Gasteiger partial charge in [-0.2, -0.15) is 4.31 Å². The van der Waals surface area contributed by atoms with Gasteiger partial charge in [0.2, 0.25) is 10.0 Å². The molecule has 0 spiro atoms. The molecular formula is C25H31N3O5S2. The molecule has 3 aromatic rings. The topological polar surface area (TPSA) is 90.7 Å². The highest BCUT2D eigenvalue weighted by Gasteiger charge is 2.25. The largest absolute Gasteiger partial charge is 0.426 e. The summed E-state index contributed by atoms with van der Waals surface area (Å²) in [6, 6.07) is 12.6. The summed E-state index contributed by atoms with van der Waals surface area (Å²) in [6.07, 6.45) is 2.11. The molecule has 0 N–H and O–H groups in total.